The van der Waals surface area contributed by atoms with Crippen molar-refractivity contribution in [3.05, 3.63) is 28.8 Å². The number of rotatable bonds is 7. The number of hydrogen-bond donors (Lipinski definition) is 1. The van der Waals surface area contributed by atoms with Crippen molar-refractivity contribution in [3.8, 4) is 11.5 Å². The van der Waals surface area contributed by atoms with Crippen molar-refractivity contribution >= 4 is 29.6 Å². The molecule has 0 aliphatic carbocycles. The van der Waals surface area contributed by atoms with Crippen LogP contribution in [0.15, 0.2) is 18.2 Å². The van der Waals surface area contributed by atoms with E-state index in [1.807, 2.05) is 13.8 Å². The van der Waals surface area contributed by atoms with Crippen LogP contribution in [-0.4, -0.2) is 31.3 Å². The Morgan fingerprint density at radius 1 is 1.42 bits per heavy atom. The monoisotopic (exact) mass is 353 g/mol. The molecular formula is C17H20ClNO5. The Balaban J connectivity index is 1.83. The Morgan fingerprint density at radius 3 is 2.96 bits per heavy atom. The summed E-state index contributed by atoms with van der Waals surface area (Å²) in [5.41, 5.74) is 0.669. The molecule has 0 spiro atoms. The van der Waals surface area contributed by atoms with Crippen LogP contribution in [0.5, 0.6) is 11.5 Å². The molecular weight excluding hydrogens is 334 g/mol. The molecule has 1 aromatic rings. The Labute approximate surface area is 145 Å². The number of carbonyl (C=O) groups excluding carboxylic acids is 2. The number of carbonyl (C=O) groups is 2. The van der Waals surface area contributed by atoms with Crippen molar-refractivity contribution in [2.45, 2.75) is 32.7 Å². The molecule has 1 aliphatic rings. The SMILES string of the molecule is CCC[C@@H](C)NC(=O)COC(=O)/C=C/c1cc(Cl)c2c(c1)OCO2. The van der Waals surface area contributed by atoms with Gasteiger partial charge in [0.05, 0.1) is 5.02 Å². The van der Waals surface area contributed by atoms with Crippen molar-refractivity contribution in [2.75, 3.05) is 13.4 Å². The van der Waals surface area contributed by atoms with Crippen molar-refractivity contribution in [2.24, 2.45) is 0 Å². The van der Waals surface area contributed by atoms with Crippen LogP contribution < -0.4 is 14.8 Å². The standard InChI is InChI=1S/C17H20ClNO5/c1-3-4-11(2)19-15(20)9-22-16(21)6-5-12-7-13(18)17-14(8-12)23-10-24-17/h5-8,11H,3-4,9-10H2,1-2H3,(H,19,20)/b6-5+/t11-/m1/s1. The third-order valence-electron chi connectivity index (χ3n) is 3.34. The third-order valence-corrected chi connectivity index (χ3v) is 3.62. The highest BCUT2D eigenvalue weighted by molar-refractivity contribution is 6.32. The molecule has 0 saturated heterocycles. The van der Waals surface area contributed by atoms with Crippen LogP contribution in [0.25, 0.3) is 6.08 Å². The van der Waals surface area contributed by atoms with Gasteiger partial charge < -0.3 is 19.5 Å². The summed E-state index contributed by atoms with van der Waals surface area (Å²) in [6.07, 6.45) is 4.62. The van der Waals surface area contributed by atoms with Gasteiger partial charge in [-0.2, -0.15) is 0 Å². The fourth-order valence-electron chi connectivity index (χ4n) is 2.25. The average Bonchev–Trinajstić information content (AvgIpc) is 3.00. The van der Waals surface area contributed by atoms with E-state index < -0.39 is 5.97 Å². The summed E-state index contributed by atoms with van der Waals surface area (Å²) >= 11 is 6.06. The second-order valence-electron chi connectivity index (χ2n) is 5.43. The van der Waals surface area contributed by atoms with Gasteiger partial charge in [0.25, 0.3) is 5.91 Å². The second kappa shape index (κ2) is 8.59. The summed E-state index contributed by atoms with van der Waals surface area (Å²) in [6, 6.07) is 3.42. The Kier molecular flexibility index (Phi) is 6.49. The van der Waals surface area contributed by atoms with Gasteiger partial charge in [0.15, 0.2) is 18.1 Å². The number of benzene rings is 1. The van der Waals surface area contributed by atoms with Crippen molar-refractivity contribution in [1.29, 1.82) is 0 Å². The molecule has 1 N–H and O–H groups in total. The minimum atomic E-state index is -0.609. The molecule has 2 rings (SSSR count). The second-order valence-corrected chi connectivity index (χ2v) is 5.84. The van der Waals surface area contributed by atoms with E-state index in [0.717, 1.165) is 12.8 Å². The molecule has 0 fully saturated rings. The lowest BCUT2D eigenvalue weighted by atomic mass is 10.2. The number of fused-ring (bicyclic) bond motifs is 1. The summed E-state index contributed by atoms with van der Waals surface area (Å²) in [5, 5.41) is 3.16. The van der Waals surface area contributed by atoms with Crippen molar-refractivity contribution < 1.29 is 23.8 Å². The highest BCUT2D eigenvalue weighted by atomic mass is 35.5. The van der Waals surface area contributed by atoms with Gasteiger partial charge in [-0.1, -0.05) is 24.9 Å². The lowest BCUT2D eigenvalue weighted by Crippen LogP contribution is -2.35. The van der Waals surface area contributed by atoms with Gasteiger partial charge in [-0.3, -0.25) is 4.79 Å². The highest BCUT2D eigenvalue weighted by Gasteiger charge is 2.17. The topological polar surface area (TPSA) is 73.9 Å². The van der Waals surface area contributed by atoms with Gasteiger partial charge in [0.2, 0.25) is 6.79 Å². The molecule has 0 radical (unpaired) electrons. The van der Waals surface area contributed by atoms with Crippen LogP contribution in [0.3, 0.4) is 0 Å². The largest absolute Gasteiger partial charge is 0.454 e. The van der Waals surface area contributed by atoms with Gasteiger partial charge in [0, 0.05) is 12.1 Å². The molecule has 7 heteroatoms. The molecule has 130 valence electrons. The lowest BCUT2D eigenvalue weighted by Gasteiger charge is -2.12. The van der Waals surface area contributed by atoms with Crippen molar-refractivity contribution in [1.82, 2.24) is 5.32 Å². The van der Waals surface area contributed by atoms with Crippen LogP contribution in [0.1, 0.15) is 32.3 Å². The maximum absolute atomic E-state index is 11.7. The molecule has 1 amide bonds. The summed E-state index contributed by atoms with van der Waals surface area (Å²) in [7, 11) is 0. The molecule has 0 saturated carbocycles. The summed E-state index contributed by atoms with van der Waals surface area (Å²) in [5.74, 6) is 0.0972. The smallest absolute Gasteiger partial charge is 0.331 e. The average molecular weight is 354 g/mol. The van der Waals surface area contributed by atoms with E-state index in [-0.39, 0.29) is 25.3 Å². The van der Waals surface area contributed by atoms with Gasteiger partial charge in [-0.15, -0.1) is 0 Å². The fourth-order valence-corrected chi connectivity index (χ4v) is 2.53. The Bertz CT molecular complexity index is 644. The highest BCUT2D eigenvalue weighted by Crippen LogP contribution is 2.40. The molecule has 0 aromatic heterocycles. The molecule has 24 heavy (non-hydrogen) atoms. The first-order valence-electron chi connectivity index (χ1n) is 7.73. The zero-order valence-corrected chi connectivity index (χ0v) is 14.4. The number of ether oxygens (including phenoxy) is 3. The zero-order chi connectivity index (χ0) is 17.5. The van der Waals surface area contributed by atoms with Crippen LogP contribution in [0, 0.1) is 0 Å². The summed E-state index contributed by atoms with van der Waals surface area (Å²) < 4.78 is 15.4. The molecule has 1 aliphatic heterocycles. The van der Waals surface area contributed by atoms with E-state index in [9.17, 15) is 9.59 Å². The van der Waals surface area contributed by atoms with E-state index in [1.165, 1.54) is 12.2 Å². The Hall–Kier alpha value is -2.21. The lowest BCUT2D eigenvalue weighted by molar-refractivity contribution is -0.144. The molecule has 1 atom stereocenters. The predicted molar refractivity (Wildman–Crippen MR) is 90.1 cm³/mol. The van der Waals surface area contributed by atoms with E-state index >= 15 is 0 Å². The quantitative estimate of drug-likeness (QED) is 0.602. The van der Waals surface area contributed by atoms with Crippen LogP contribution in [0.4, 0.5) is 0 Å². The van der Waals surface area contributed by atoms with E-state index in [4.69, 9.17) is 25.8 Å². The van der Waals surface area contributed by atoms with E-state index in [0.29, 0.717) is 22.1 Å². The number of esters is 1. The summed E-state index contributed by atoms with van der Waals surface area (Å²) in [4.78, 5) is 23.3. The summed E-state index contributed by atoms with van der Waals surface area (Å²) in [6.45, 7) is 3.76. The van der Waals surface area contributed by atoms with Gasteiger partial charge >= 0.3 is 5.97 Å². The zero-order valence-electron chi connectivity index (χ0n) is 13.6. The van der Waals surface area contributed by atoms with Crippen molar-refractivity contribution in [3.63, 3.8) is 0 Å². The molecule has 0 bridgehead atoms. The Morgan fingerprint density at radius 2 is 2.21 bits per heavy atom. The molecule has 1 heterocycles. The normalized spacial score (nSPS) is 13.8. The number of hydrogen-bond acceptors (Lipinski definition) is 5. The minimum absolute atomic E-state index is 0.0625. The molecule has 1 aromatic carbocycles. The maximum Gasteiger partial charge on any atom is 0.331 e. The number of halogens is 1. The molecule has 6 nitrogen and oxygen atoms in total. The van der Waals surface area contributed by atoms with Crippen LogP contribution in [0.2, 0.25) is 5.02 Å². The van der Waals surface area contributed by atoms with Gasteiger partial charge in [-0.05, 0) is 37.1 Å². The van der Waals surface area contributed by atoms with Crippen LogP contribution in [-0.2, 0) is 14.3 Å². The van der Waals surface area contributed by atoms with E-state index in [1.54, 1.807) is 12.1 Å². The molecule has 0 unspecified atom stereocenters. The predicted octanol–water partition coefficient (Wildman–Crippen LogP) is 2.93. The maximum atomic E-state index is 11.7. The minimum Gasteiger partial charge on any atom is -0.454 e. The number of nitrogens with one attached hydrogen (secondary N) is 1. The number of amides is 1. The third kappa shape index (κ3) is 5.16. The first kappa shape index (κ1) is 18.1. The fraction of sp³-hybridized carbons (Fsp3) is 0.412. The van der Waals surface area contributed by atoms with Gasteiger partial charge in [0.1, 0.15) is 0 Å². The van der Waals surface area contributed by atoms with Crippen LogP contribution >= 0.6 is 11.6 Å². The van der Waals surface area contributed by atoms with E-state index in [2.05, 4.69) is 5.32 Å². The first-order valence-corrected chi connectivity index (χ1v) is 8.10. The first-order chi connectivity index (χ1) is 11.5. The van der Waals surface area contributed by atoms with Gasteiger partial charge in [-0.25, -0.2) is 4.79 Å².